The Hall–Kier alpha value is -2.09. The molecule has 0 aliphatic carbocycles. The number of terminal acetylenes is 1. The largest absolute Gasteiger partial charge is 0.444 e. The number of carbonyl (C=O) groups is 1. The number of rotatable bonds is 3. The van der Waals surface area contributed by atoms with Crippen LogP contribution in [0.3, 0.4) is 0 Å². The number of carbonyl (C=O) groups excluding carboxylic acids is 1. The fraction of sp³-hybridized carbons (Fsp3) is 0.400. The average molecular weight is 281 g/mol. The molecule has 0 spiro atoms. The van der Waals surface area contributed by atoms with Crippen molar-refractivity contribution < 1.29 is 18.3 Å². The first-order chi connectivity index (χ1) is 9.19. The third-order valence-corrected chi connectivity index (χ3v) is 2.25. The Balaban J connectivity index is 2.68. The van der Waals surface area contributed by atoms with Crippen LogP contribution in [0.5, 0.6) is 0 Å². The molecule has 0 saturated heterocycles. The molecule has 0 saturated carbocycles. The third-order valence-electron chi connectivity index (χ3n) is 2.25. The van der Waals surface area contributed by atoms with E-state index in [9.17, 15) is 13.6 Å². The van der Waals surface area contributed by atoms with Crippen LogP contribution >= 0.6 is 0 Å². The van der Waals surface area contributed by atoms with Gasteiger partial charge in [-0.15, -0.1) is 6.42 Å². The summed E-state index contributed by atoms with van der Waals surface area (Å²) in [6.07, 6.45) is 4.75. The maximum Gasteiger partial charge on any atom is 0.408 e. The summed E-state index contributed by atoms with van der Waals surface area (Å²) in [7, 11) is 0. The van der Waals surface area contributed by atoms with Crippen molar-refractivity contribution in [3.8, 4) is 12.3 Å². The maximum atomic E-state index is 13.1. The molecule has 0 aliphatic rings. The van der Waals surface area contributed by atoms with Gasteiger partial charge in [0.2, 0.25) is 0 Å². The summed E-state index contributed by atoms with van der Waals surface area (Å²) in [5.74, 6) is 0.975. The summed E-state index contributed by atoms with van der Waals surface area (Å²) < 4.78 is 31.2. The van der Waals surface area contributed by atoms with E-state index in [1.54, 1.807) is 20.8 Å². The molecule has 0 fully saturated rings. The van der Waals surface area contributed by atoms with Crippen molar-refractivity contribution in [2.75, 3.05) is 0 Å². The average Bonchev–Trinajstić information content (AvgIpc) is 2.23. The lowest BCUT2D eigenvalue weighted by atomic mass is 10.1. The highest BCUT2D eigenvalue weighted by Crippen LogP contribution is 2.11. The molecule has 1 N–H and O–H groups in total. The fourth-order valence-electron chi connectivity index (χ4n) is 1.57. The van der Waals surface area contributed by atoms with Crippen molar-refractivity contribution in [3.63, 3.8) is 0 Å². The number of benzene rings is 1. The molecule has 0 bridgehead atoms. The van der Waals surface area contributed by atoms with Crippen LogP contribution in [0.1, 0.15) is 26.3 Å². The van der Waals surface area contributed by atoms with E-state index >= 15 is 0 Å². The molecule has 1 rings (SSSR count). The SMILES string of the molecule is C#C[C@H](Cc1cc(F)cc(F)c1)NC(=O)OC(C)(C)C. The minimum absolute atomic E-state index is 0.115. The van der Waals surface area contributed by atoms with E-state index in [2.05, 4.69) is 11.2 Å². The molecule has 108 valence electrons. The zero-order valence-electron chi connectivity index (χ0n) is 11.7. The molecule has 1 aromatic carbocycles. The number of amides is 1. The highest BCUT2D eigenvalue weighted by molar-refractivity contribution is 5.68. The Labute approximate surface area is 117 Å². The van der Waals surface area contributed by atoms with Crippen LogP contribution < -0.4 is 5.32 Å². The molecule has 20 heavy (non-hydrogen) atoms. The lowest BCUT2D eigenvalue weighted by molar-refractivity contribution is 0.0516. The zero-order valence-corrected chi connectivity index (χ0v) is 11.7. The van der Waals surface area contributed by atoms with Gasteiger partial charge >= 0.3 is 6.09 Å². The minimum Gasteiger partial charge on any atom is -0.444 e. The van der Waals surface area contributed by atoms with Gasteiger partial charge in [-0.3, -0.25) is 0 Å². The zero-order chi connectivity index (χ0) is 15.3. The van der Waals surface area contributed by atoms with Gasteiger partial charge in [0.1, 0.15) is 17.2 Å². The minimum atomic E-state index is -0.703. The lowest BCUT2D eigenvalue weighted by Gasteiger charge is -2.21. The van der Waals surface area contributed by atoms with Crippen molar-refractivity contribution in [1.82, 2.24) is 5.32 Å². The van der Waals surface area contributed by atoms with Gasteiger partial charge in [-0.1, -0.05) is 5.92 Å². The lowest BCUT2D eigenvalue weighted by Crippen LogP contribution is -2.39. The molecule has 0 aromatic heterocycles. The maximum absolute atomic E-state index is 13.1. The topological polar surface area (TPSA) is 38.3 Å². The molecule has 0 radical (unpaired) electrons. The van der Waals surface area contributed by atoms with Crippen LogP contribution in [-0.2, 0) is 11.2 Å². The number of hydrogen-bond donors (Lipinski definition) is 1. The van der Waals surface area contributed by atoms with E-state index < -0.39 is 29.4 Å². The first-order valence-electron chi connectivity index (χ1n) is 6.10. The van der Waals surface area contributed by atoms with Gasteiger partial charge in [0.05, 0.1) is 6.04 Å². The van der Waals surface area contributed by atoms with E-state index in [-0.39, 0.29) is 6.42 Å². The van der Waals surface area contributed by atoms with E-state index in [0.29, 0.717) is 5.56 Å². The molecular weight excluding hydrogens is 264 g/mol. The van der Waals surface area contributed by atoms with E-state index in [1.807, 2.05) is 0 Å². The van der Waals surface area contributed by atoms with Crippen molar-refractivity contribution >= 4 is 6.09 Å². The Morgan fingerprint density at radius 1 is 1.35 bits per heavy atom. The number of halogens is 2. The van der Waals surface area contributed by atoms with Crippen molar-refractivity contribution in [2.24, 2.45) is 0 Å². The fourth-order valence-corrected chi connectivity index (χ4v) is 1.57. The van der Waals surface area contributed by atoms with Gasteiger partial charge in [-0.2, -0.15) is 0 Å². The molecule has 5 heteroatoms. The normalized spacial score (nSPS) is 12.4. The summed E-state index contributed by atoms with van der Waals surface area (Å²) >= 11 is 0. The molecule has 1 amide bonds. The molecule has 1 aromatic rings. The molecule has 0 heterocycles. The molecule has 3 nitrogen and oxygen atoms in total. The Morgan fingerprint density at radius 3 is 2.35 bits per heavy atom. The van der Waals surface area contributed by atoms with Crippen molar-refractivity contribution in [2.45, 2.75) is 38.8 Å². The monoisotopic (exact) mass is 281 g/mol. The second-order valence-electron chi connectivity index (χ2n) is 5.35. The smallest absolute Gasteiger partial charge is 0.408 e. The highest BCUT2D eigenvalue weighted by Gasteiger charge is 2.19. The molecule has 1 atom stereocenters. The van der Waals surface area contributed by atoms with Crippen LogP contribution in [0.2, 0.25) is 0 Å². The van der Waals surface area contributed by atoms with Gasteiger partial charge in [-0.05, 0) is 38.5 Å². The molecular formula is C15H17F2NO2. The number of nitrogens with one attached hydrogen (secondary N) is 1. The predicted octanol–water partition coefficient (Wildman–Crippen LogP) is 3.03. The second kappa shape index (κ2) is 6.38. The number of hydrogen-bond acceptors (Lipinski definition) is 2. The Kier molecular flexibility index (Phi) is 5.09. The van der Waals surface area contributed by atoms with Gasteiger partial charge in [-0.25, -0.2) is 13.6 Å². The van der Waals surface area contributed by atoms with Crippen LogP contribution in [0, 0.1) is 24.0 Å². The first-order valence-corrected chi connectivity index (χ1v) is 6.10. The molecule has 0 unspecified atom stereocenters. The predicted molar refractivity (Wildman–Crippen MR) is 72.1 cm³/mol. The summed E-state index contributed by atoms with van der Waals surface area (Å²) in [5.41, 5.74) is -0.282. The highest BCUT2D eigenvalue weighted by atomic mass is 19.1. The Bertz CT molecular complexity index is 509. The van der Waals surface area contributed by atoms with Crippen LogP contribution in [-0.4, -0.2) is 17.7 Å². The summed E-state index contributed by atoms with van der Waals surface area (Å²) in [5, 5.41) is 2.47. The standard InChI is InChI=1S/C15H17F2NO2/c1-5-13(18-14(19)20-15(2,3)4)8-10-6-11(16)9-12(17)7-10/h1,6-7,9,13H,8H2,2-4H3,(H,18,19)/t13-/m1/s1. The van der Waals surface area contributed by atoms with Crippen molar-refractivity contribution in [1.29, 1.82) is 0 Å². The number of ether oxygens (including phenoxy) is 1. The van der Waals surface area contributed by atoms with Gasteiger partial charge in [0.15, 0.2) is 0 Å². The van der Waals surface area contributed by atoms with Gasteiger partial charge in [0, 0.05) is 12.5 Å². The van der Waals surface area contributed by atoms with E-state index in [4.69, 9.17) is 11.2 Å². The van der Waals surface area contributed by atoms with E-state index in [1.165, 1.54) is 12.1 Å². The van der Waals surface area contributed by atoms with Gasteiger partial charge < -0.3 is 10.1 Å². The second-order valence-corrected chi connectivity index (χ2v) is 5.35. The molecule has 0 aliphatic heterocycles. The quantitative estimate of drug-likeness (QED) is 0.865. The number of alkyl carbamates (subject to hydrolysis) is 1. The summed E-state index contributed by atoms with van der Waals surface area (Å²) in [6, 6.07) is 2.41. The van der Waals surface area contributed by atoms with Gasteiger partial charge in [0.25, 0.3) is 0 Å². The van der Waals surface area contributed by atoms with Crippen LogP contribution in [0.15, 0.2) is 18.2 Å². The van der Waals surface area contributed by atoms with Crippen LogP contribution in [0.25, 0.3) is 0 Å². The van der Waals surface area contributed by atoms with E-state index in [0.717, 1.165) is 6.07 Å². The first kappa shape index (κ1) is 16.0. The summed E-state index contributed by atoms with van der Waals surface area (Å²) in [6.45, 7) is 5.16. The Morgan fingerprint density at radius 2 is 1.90 bits per heavy atom. The summed E-state index contributed by atoms with van der Waals surface area (Å²) in [4.78, 5) is 11.6. The third kappa shape index (κ3) is 5.70. The van der Waals surface area contributed by atoms with Crippen LogP contribution in [0.4, 0.5) is 13.6 Å². The van der Waals surface area contributed by atoms with Crippen molar-refractivity contribution in [3.05, 3.63) is 35.4 Å².